The summed E-state index contributed by atoms with van der Waals surface area (Å²) in [6.07, 6.45) is -0.313. The zero-order valence-corrected chi connectivity index (χ0v) is 19.9. The molecule has 0 saturated carbocycles. The van der Waals surface area contributed by atoms with Crippen molar-refractivity contribution in [3.8, 4) is 11.4 Å². The number of hydrogen-bond donors (Lipinski definition) is 2. The van der Waals surface area contributed by atoms with Crippen molar-refractivity contribution in [3.63, 3.8) is 0 Å². The number of rotatable bonds is 8. The van der Waals surface area contributed by atoms with E-state index in [-0.39, 0.29) is 24.1 Å². The third kappa shape index (κ3) is 5.95. The van der Waals surface area contributed by atoms with Gasteiger partial charge in [0.15, 0.2) is 0 Å². The maximum absolute atomic E-state index is 13.6. The van der Waals surface area contributed by atoms with Gasteiger partial charge in [0.05, 0.1) is 18.2 Å². The first-order valence-corrected chi connectivity index (χ1v) is 11.9. The van der Waals surface area contributed by atoms with Gasteiger partial charge in [0.25, 0.3) is 5.91 Å². The van der Waals surface area contributed by atoms with Crippen LogP contribution < -0.4 is 5.32 Å². The first kappa shape index (κ1) is 24.6. The van der Waals surface area contributed by atoms with E-state index in [0.29, 0.717) is 43.0 Å². The Morgan fingerprint density at radius 1 is 1.20 bits per heavy atom. The molecule has 8 heteroatoms. The van der Waals surface area contributed by atoms with Gasteiger partial charge in [0.2, 0.25) is 0 Å². The number of carbonyl (C=O) groups is 2. The molecule has 2 atom stereocenters. The Morgan fingerprint density at radius 3 is 2.57 bits per heavy atom. The van der Waals surface area contributed by atoms with Gasteiger partial charge in [0, 0.05) is 31.5 Å². The van der Waals surface area contributed by atoms with E-state index in [0.717, 1.165) is 11.3 Å². The topological polar surface area (TPSA) is 93.5 Å². The van der Waals surface area contributed by atoms with Crippen LogP contribution >= 0.6 is 0 Å². The maximum atomic E-state index is 13.6. The molecule has 2 N–H and O–H groups in total. The molecule has 1 aromatic heterocycles. The number of aliphatic hydroxyl groups excluding tert-OH is 1. The minimum Gasteiger partial charge on any atom is -0.462 e. The SMILES string of the molecule is CC(C)c1c(C(=O)NCc2ccccc2)nc(-c2ccc(F)cc2)n1CC[C@@H]1C[C@@H](O)CC(=O)O1. The van der Waals surface area contributed by atoms with Gasteiger partial charge in [-0.3, -0.25) is 9.59 Å². The van der Waals surface area contributed by atoms with Crippen LogP contribution in [0.3, 0.4) is 0 Å². The molecule has 1 saturated heterocycles. The van der Waals surface area contributed by atoms with Crippen LogP contribution in [0.4, 0.5) is 4.39 Å². The predicted octanol–water partition coefficient (Wildman–Crippen LogP) is 4.20. The van der Waals surface area contributed by atoms with Gasteiger partial charge >= 0.3 is 5.97 Å². The minimum atomic E-state index is -0.718. The second-order valence-corrected chi connectivity index (χ2v) is 9.14. The Hall–Kier alpha value is -3.52. The van der Waals surface area contributed by atoms with Crippen LogP contribution in [0.25, 0.3) is 11.4 Å². The highest BCUT2D eigenvalue weighted by Crippen LogP contribution is 2.29. The first-order chi connectivity index (χ1) is 16.8. The second kappa shape index (κ2) is 10.8. The fourth-order valence-electron chi connectivity index (χ4n) is 4.44. The number of nitrogens with one attached hydrogen (secondary N) is 1. The van der Waals surface area contributed by atoms with E-state index in [1.165, 1.54) is 12.1 Å². The molecule has 1 amide bonds. The van der Waals surface area contributed by atoms with Crippen molar-refractivity contribution < 1.29 is 23.8 Å². The summed E-state index contributed by atoms with van der Waals surface area (Å²) >= 11 is 0. The second-order valence-electron chi connectivity index (χ2n) is 9.14. The molecular weight excluding hydrogens is 449 g/mol. The number of halogens is 1. The molecule has 1 aliphatic rings. The number of carbonyl (C=O) groups excluding carboxylic acids is 2. The summed E-state index contributed by atoms with van der Waals surface area (Å²) in [6.45, 7) is 4.76. The number of hydrogen-bond acceptors (Lipinski definition) is 5. The van der Waals surface area contributed by atoms with E-state index in [4.69, 9.17) is 9.72 Å². The lowest BCUT2D eigenvalue weighted by Crippen LogP contribution is -2.33. The molecule has 3 aromatic rings. The van der Waals surface area contributed by atoms with E-state index in [9.17, 15) is 19.1 Å². The number of esters is 1. The lowest BCUT2D eigenvalue weighted by Gasteiger charge is -2.26. The zero-order chi connectivity index (χ0) is 24.9. The van der Waals surface area contributed by atoms with E-state index < -0.39 is 18.2 Å². The average molecular weight is 480 g/mol. The van der Waals surface area contributed by atoms with Crippen molar-refractivity contribution in [1.82, 2.24) is 14.9 Å². The fraction of sp³-hybridized carbons (Fsp3) is 0.370. The van der Waals surface area contributed by atoms with Crippen molar-refractivity contribution in [2.24, 2.45) is 0 Å². The number of cyclic esters (lactones) is 1. The van der Waals surface area contributed by atoms with Gasteiger partial charge in [-0.15, -0.1) is 0 Å². The summed E-state index contributed by atoms with van der Waals surface area (Å²) in [5.74, 6) is -0.558. The van der Waals surface area contributed by atoms with Crippen molar-refractivity contribution in [2.45, 2.75) is 64.3 Å². The van der Waals surface area contributed by atoms with Crippen molar-refractivity contribution in [1.29, 1.82) is 0 Å². The van der Waals surface area contributed by atoms with Crippen LogP contribution in [-0.4, -0.2) is 38.7 Å². The first-order valence-electron chi connectivity index (χ1n) is 11.9. The molecular formula is C27H30FN3O4. The fourth-order valence-corrected chi connectivity index (χ4v) is 4.44. The van der Waals surface area contributed by atoms with Crippen LogP contribution in [0.15, 0.2) is 54.6 Å². The minimum absolute atomic E-state index is 0.00534. The Bertz CT molecular complexity index is 1180. The maximum Gasteiger partial charge on any atom is 0.308 e. The summed E-state index contributed by atoms with van der Waals surface area (Å²) in [5, 5.41) is 12.9. The largest absolute Gasteiger partial charge is 0.462 e. The van der Waals surface area contributed by atoms with Gasteiger partial charge < -0.3 is 19.7 Å². The zero-order valence-electron chi connectivity index (χ0n) is 19.9. The molecule has 4 rings (SSSR count). The molecule has 1 aliphatic heterocycles. The predicted molar refractivity (Wildman–Crippen MR) is 129 cm³/mol. The van der Waals surface area contributed by atoms with Gasteiger partial charge in [-0.2, -0.15) is 0 Å². The lowest BCUT2D eigenvalue weighted by atomic mass is 10.0. The molecule has 184 valence electrons. The summed E-state index contributed by atoms with van der Waals surface area (Å²) in [5.41, 5.74) is 2.72. The molecule has 1 fully saturated rings. The quantitative estimate of drug-likeness (QED) is 0.473. The monoisotopic (exact) mass is 479 g/mol. The number of aromatic nitrogens is 2. The number of benzene rings is 2. The molecule has 0 unspecified atom stereocenters. The molecule has 2 heterocycles. The van der Waals surface area contributed by atoms with E-state index in [2.05, 4.69) is 5.32 Å². The summed E-state index contributed by atoms with van der Waals surface area (Å²) < 4.78 is 21.0. The van der Waals surface area contributed by atoms with Crippen LogP contribution in [0.1, 0.15) is 60.8 Å². The van der Waals surface area contributed by atoms with Crippen LogP contribution in [0.2, 0.25) is 0 Å². The average Bonchev–Trinajstić information content (AvgIpc) is 3.22. The number of imidazole rings is 1. The Kier molecular flexibility index (Phi) is 7.60. The number of ether oxygens (including phenoxy) is 1. The summed E-state index contributed by atoms with van der Waals surface area (Å²) in [7, 11) is 0. The van der Waals surface area contributed by atoms with Crippen LogP contribution in [-0.2, 0) is 22.6 Å². The van der Waals surface area contributed by atoms with Crippen molar-refractivity contribution in [3.05, 3.63) is 77.4 Å². The normalized spacial score (nSPS) is 17.9. The van der Waals surface area contributed by atoms with Crippen LogP contribution in [0.5, 0.6) is 0 Å². The molecule has 35 heavy (non-hydrogen) atoms. The number of aliphatic hydroxyl groups is 1. The highest BCUT2D eigenvalue weighted by molar-refractivity contribution is 5.94. The van der Waals surface area contributed by atoms with E-state index in [1.54, 1.807) is 12.1 Å². The molecule has 2 aromatic carbocycles. The third-order valence-corrected chi connectivity index (χ3v) is 6.08. The van der Waals surface area contributed by atoms with Gasteiger partial charge in [0.1, 0.15) is 23.4 Å². The lowest BCUT2D eigenvalue weighted by molar-refractivity contribution is -0.160. The molecule has 7 nitrogen and oxygen atoms in total. The van der Waals surface area contributed by atoms with Crippen molar-refractivity contribution in [2.75, 3.05) is 0 Å². The number of amides is 1. The Labute approximate surface area is 204 Å². The standard InChI is InChI=1S/C27H30FN3O4/c1-17(2)25-24(27(34)29-16-18-6-4-3-5-7-18)30-26(19-8-10-20(28)11-9-19)31(25)13-12-22-14-21(32)15-23(33)35-22/h3-11,17,21-22,32H,12-16H2,1-2H3,(H,29,34)/t21-,22-/m1/s1. The van der Waals surface area contributed by atoms with Crippen LogP contribution in [0, 0.1) is 5.82 Å². The molecule has 0 radical (unpaired) electrons. The number of nitrogens with zero attached hydrogens (tertiary/aromatic N) is 2. The Balaban J connectivity index is 1.66. The highest BCUT2D eigenvalue weighted by Gasteiger charge is 2.29. The molecule has 0 spiro atoms. The Morgan fingerprint density at radius 2 is 1.91 bits per heavy atom. The third-order valence-electron chi connectivity index (χ3n) is 6.08. The molecule has 0 aliphatic carbocycles. The summed E-state index contributed by atoms with van der Waals surface area (Å²) in [6, 6.07) is 15.6. The van der Waals surface area contributed by atoms with E-state index >= 15 is 0 Å². The van der Waals surface area contributed by atoms with E-state index in [1.807, 2.05) is 48.7 Å². The highest BCUT2D eigenvalue weighted by atomic mass is 19.1. The molecule has 0 bridgehead atoms. The van der Waals surface area contributed by atoms with Gasteiger partial charge in [-0.05, 0) is 35.7 Å². The van der Waals surface area contributed by atoms with Crippen molar-refractivity contribution >= 4 is 11.9 Å². The van der Waals surface area contributed by atoms with Gasteiger partial charge in [-0.25, -0.2) is 9.37 Å². The summed E-state index contributed by atoms with van der Waals surface area (Å²) in [4.78, 5) is 29.7. The van der Waals surface area contributed by atoms with Gasteiger partial charge in [-0.1, -0.05) is 44.2 Å². The smallest absolute Gasteiger partial charge is 0.308 e.